The summed E-state index contributed by atoms with van der Waals surface area (Å²) < 4.78 is 50.9. The quantitative estimate of drug-likeness (QED) is 0.745. The van der Waals surface area contributed by atoms with Crippen LogP contribution in [0.4, 0.5) is 0 Å². The minimum atomic E-state index is -3.44. The van der Waals surface area contributed by atoms with E-state index in [1.165, 1.54) is 17.1 Å². The van der Waals surface area contributed by atoms with Crippen LogP contribution < -0.4 is 5.32 Å². The van der Waals surface area contributed by atoms with Crippen molar-refractivity contribution in [2.75, 3.05) is 31.6 Å². The van der Waals surface area contributed by atoms with Gasteiger partial charge in [-0.1, -0.05) is 13.8 Å². The summed E-state index contributed by atoms with van der Waals surface area (Å²) in [6.45, 7) is 5.56. The molecule has 8 heteroatoms. The topological polar surface area (TPSA) is 83.6 Å². The highest BCUT2D eigenvalue weighted by molar-refractivity contribution is 7.94. The SMILES string of the molecule is CN(C1CS(=O)(=O)C12CCNCC2)S(=O)(=O)CCC(C)(C)C1CC1. The maximum atomic E-state index is 12.8. The summed E-state index contributed by atoms with van der Waals surface area (Å²) in [4.78, 5) is 0. The second-order valence-corrected chi connectivity index (χ2v) is 13.0. The van der Waals surface area contributed by atoms with E-state index in [0.717, 1.165) is 0 Å². The molecule has 3 rings (SSSR count). The highest BCUT2D eigenvalue weighted by Crippen LogP contribution is 2.48. The predicted octanol–water partition coefficient (Wildman–Crippen LogP) is 0.994. The average Bonchev–Trinajstić information content (AvgIpc) is 3.36. The third-order valence-corrected chi connectivity index (χ3v) is 11.1. The highest BCUT2D eigenvalue weighted by Gasteiger charge is 2.63. The predicted molar refractivity (Wildman–Crippen MR) is 95.1 cm³/mol. The Hall–Kier alpha value is -0.180. The Morgan fingerprint density at radius 1 is 1.21 bits per heavy atom. The molecule has 0 aromatic heterocycles. The van der Waals surface area contributed by atoms with E-state index >= 15 is 0 Å². The molecule has 0 aromatic rings. The van der Waals surface area contributed by atoms with Gasteiger partial charge in [0.1, 0.15) is 0 Å². The van der Waals surface area contributed by atoms with Gasteiger partial charge in [-0.2, -0.15) is 4.31 Å². The number of hydrogen-bond donors (Lipinski definition) is 1. The first kappa shape index (κ1) is 18.6. The minimum absolute atomic E-state index is 0.0330. The van der Waals surface area contributed by atoms with Crippen LogP contribution in [-0.2, 0) is 19.9 Å². The Bertz CT molecular complexity index is 690. The molecule has 3 fully saturated rings. The first-order chi connectivity index (χ1) is 11.0. The van der Waals surface area contributed by atoms with Gasteiger partial charge in [-0.05, 0) is 56.5 Å². The van der Waals surface area contributed by atoms with Gasteiger partial charge >= 0.3 is 0 Å². The normalized spacial score (nSPS) is 29.6. The number of hydrogen-bond acceptors (Lipinski definition) is 5. The zero-order valence-electron chi connectivity index (χ0n) is 14.9. The summed E-state index contributed by atoms with van der Waals surface area (Å²) >= 11 is 0. The number of rotatable bonds is 6. The van der Waals surface area contributed by atoms with E-state index in [1.807, 2.05) is 0 Å². The van der Waals surface area contributed by atoms with Crippen molar-refractivity contribution in [3.8, 4) is 0 Å². The van der Waals surface area contributed by atoms with Crippen LogP contribution in [0.2, 0.25) is 0 Å². The molecule has 0 amide bonds. The van der Waals surface area contributed by atoms with Gasteiger partial charge in [0, 0.05) is 7.05 Å². The average molecular weight is 379 g/mol. The number of sulfonamides is 1. The van der Waals surface area contributed by atoms with E-state index in [1.54, 1.807) is 7.05 Å². The standard InChI is InChI=1S/C16H30N2O4S2/c1-15(2,13-4-5-13)8-11-24(21,22)18(3)14-12-23(19,20)16(14)6-9-17-10-7-16/h13-14,17H,4-12H2,1-3H3. The summed E-state index contributed by atoms with van der Waals surface area (Å²) in [6.07, 6.45) is 4.04. The molecule has 6 nitrogen and oxygen atoms in total. The summed E-state index contributed by atoms with van der Waals surface area (Å²) in [5.74, 6) is 0.713. The molecule has 1 N–H and O–H groups in total. The number of piperidine rings is 1. The van der Waals surface area contributed by atoms with Gasteiger partial charge in [0.2, 0.25) is 10.0 Å². The fourth-order valence-corrected chi connectivity index (χ4v) is 8.73. The molecule has 0 aromatic carbocycles. The molecule has 24 heavy (non-hydrogen) atoms. The monoisotopic (exact) mass is 378 g/mol. The maximum Gasteiger partial charge on any atom is 0.214 e. The van der Waals surface area contributed by atoms with Gasteiger partial charge in [-0.25, -0.2) is 16.8 Å². The van der Waals surface area contributed by atoms with Crippen molar-refractivity contribution in [3.63, 3.8) is 0 Å². The van der Waals surface area contributed by atoms with E-state index < -0.39 is 30.6 Å². The van der Waals surface area contributed by atoms with E-state index in [0.29, 0.717) is 38.3 Å². The fourth-order valence-electron chi connectivity index (χ4n) is 4.36. The molecule has 0 radical (unpaired) electrons. The van der Waals surface area contributed by atoms with E-state index in [2.05, 4.69) is 19.2 Å². The summed E-state index contributed by atoms with van der Waals surface area (Å²) in [6, 6.07) is -0.404. The Labute approximate surface area is 146 Å². The molecule has 140 valence electrons. The third kappa shape index (κ3) is 3.04. The van der Waals surface area contributed by atoms with Crippen molar-refractivity contribution in [1.29, 1.82) is 0 Å². The number of nitrogens with zero attached hydrogens (tertiary/aromatic N) is 1. The first-order valence-corrected chi connectivity index (χ1v) is 12.2. The lowest BCUT2D eigenvalue weighted by Gasteiger charge is -2.53. The zero-order chi connectivity index (χ0) is 17.8. The Morgan fingerprint density at radius 2 is 1.79 bits per heavy atom. The molecular formula is C16H30N2O4S2. The Kier molecular flexibility index (Phi) is 4.59. The van der Waals surface area contributed by atoms with E-state index in [9.17, 15) is 16.8 Å². The van der Waals surface area contributed by atoms with Crippen molar-refractivity contribution in [1.82, 2.24) is 9.62 Å². The van der Waals surface area contributed by atoms with Crippen molar-refractivity contribution in [2.45, 2.75) is 56.7 Å². The van der Waals surface area contributed by atoms with Crippen LogP contribution in [0.3, 0.4) is 0 Å². The largest absolute Gasteiger partial charge is 0.317 e. The summed E-state index contributed by atoms with van der Waals surface area (Å²) in [5, 5.41) is 3.18. The second kappa shape index (κ2) is 5.93. The molecule has 3 aliphatic rings. The lowest BCUT2D eigenvalue weighted by atomic mass is 9.85. The Morgan fingerprint density at radius 3 is 2.29 bits per heavy atom. The van der Waals surface area contributed by atoms with Gasteiger partial charge < -0.3 is 5.32 Å². The van der Waals surface area contributed by atoms with Crippen LogP contribution >= 0.6 is 0 Å². The summed E-state index contributed by atoms with van der Waals surface area (Å²) in [7, 11) is -5.06. The van der Waals surface area contributed by atoms with Gasteiger partial charge in [-0.15, -0.1) is 0 Å². The zero-order valence-corrected chi connectivity index (χ0v) is 16.5. The van der Waals surface area contributed by atoms with Gasteiger partial charge in [0.05, 0.1) is 22.3 Å². The second-order valence-electron chi connectivity index (χ2n) is 8.46. The molecule has 1 unspecified atom stereocenters. The third-order valence-electron chi connectivity index (χ3n) is 6.62. The van der Waals surface area contributed by atoms with E-state index in [4.69, 9.17) is 0 Å². The van der Waals surface area contributed by atoms with Crippen LogP contribution in [0.15, 0.2) is 0 Å². The van der Waals surface area contributed by atoms with Crippen LogP contribution in [0.25, 0.3) is 0 Å². The lowest BCUT2D eigenvalue weighted by molar-refractivity contribution is 0.223. The summed E-state index contributed by atoms with van der Waals surface area (Å²) in [5.41, 5.74) is 0.0477. The fraction of sp³-hybridized carbons (Fsp3) is 1.00. The lowest BCUT2D eigenvalue weighted by Crippen LogP contribution is -2.72. The Balaban J connectivity index is 1.71. The van der Waals surface area contributed by atoms with Crippen LogP contribution in [0, 0.1) is 11.3 Å². The molecule has 1 spiro atoms. The molecule has 2 heterocycles. The van der Waals surface area contributed by atoms with Crippen LogP contribution in [0.5, 0.6) is 0 Å². The van der Waals surface area contributed by atoms with Crippen molar-refractivity contribution in [2.24, 2.45) is 11.3 Å². The number of sulfone groups is 1. The van der Waals surface area contributed by atoms with Crippen molar-refractivity contribution < 1.29 is 16.8 Å². The maximum absolute atomic E-state index is 12.8. The molecule has 2 saturated heterocycles. The molecule has 1 atom stereocenters. The van der Waals surface area contributed by atoms with Gasteiger partial charge in [-0.3, -0.25) is 0 Å². The highest BCUT2D eigenvalue weighted by atomic mass is 32.2. The smallest absolute Gasteiger partial charge is 0.214 e. The molecular weight excluding hydrogens is 348 g/mol. The van der Waals surface area contributed by atoms with Crippen LogP contribution in [-0.4, -0.2) is 63.6 Å². The molecule has 1 saturated carbocycles. The molecule has 2 aliphatic heterocycles. The van der Waals surface area contributed by atoms with Gasteiger partial charge in [0.15, 0.2) is 9.84 Å². The minimum Gasteiger partial charge on any atom is -0.317 e. The first-order valence-electron chi connectivity index (χ1n) is 8.91. The van der Waals surface area contributed by atoms with Crippen LogP contribution in [0.1, 0.15) is 46.0 Å². The van der Waals surface area contributed by atoms with Crippen molar-refractivity contribution in [3.05, 3.63) is 0 Å². The molecule has 0 bridgehead atoms. The van der Waals surface area contributed by atoms with Gasteiger partial charge in [0.25, 0.3) is 0 Å². The van der Waals surface area contributed by atoms with E-state index in [-0.39, 0.29) is 16.9 Å². The number of nitrogens with one attached hydrogen (secondary N) is 1. The molecule has 1 aliphatic carbocycles. The van der Waals surface area contributed by atoms with Crippen molar-refractivity contribution >= 4 is 19.9 Å².